The standard InChI is InChI=1S/C28H42O13/c1-14-21(32)23(34)24(35)27(37-14)39-17-9-5-6-10-18(17)40-28-25(36)26(22(33)19(13-29)41-28)38-16(12-20(30)31)11-15-7-3-2-4-8-15/h2-4,7-8,14,16-19,21-29,32-36H,5-6,9-13H2,1H3,(H,30,31)/t14-,16-,17+,18+,19+,21+,22-,23+,24-,25+,26-,27-,28+/m0/s1. The number of aliphatic hydroxyl groups is 6. The molecule has 0 aromatic heterocycles. The van der Waals surface area contributed by atoms with Crippen LogP contribution in [0.4, 0.5) is 0 Å². The molecule has 3 fully saturated rings. The third kappa shape index (κ3) is 8.00. The highest BCUT2D eigenvalue weighted by Gasteiger charge is 2.49. The highest BCUT2D eigenvalue weighted by molar-refractivity contribution is 5.67. The lowest BCUT2D eigenvalue weighted by Gasteiger charge is -2.46. The zero-order chi connectivity index (χ0) is 29.7. The highest BCUT2D eigenvalue weighted by atomic mass is 16.7. The largest absolute Gasteiger partial charge is 0.481 e. The average Bonchev–Trinajstić information content (AvgIpc) is 2.95. The van der Waals surface area contributed by atoms with Gasteiger partial charge in [0.1, 0.15) is 42.7 Å². The van der Waals surface area contributed by atoms with E-state index in [4.69, 9.17) is 23.7 Å². The van der Waals surface area contributed by atoms with Crippen molar-refractivity contribution in [2.75, 3.05) is 6.61 Å². The lowest BCUT2D eigenvalue weighted by molar-refractivity contribution is -0.345. The minimum atomic E-state index is -1.55. The van der Waals surface area contributed by atoms with E-state index in [0.717, 1.165) is 18.4 Å². The van der Waals surface area contributed by atoms with Gasteiger partial charge in [-0.3, -0.25) is 4.79 Å². The van der Waals surface area contributed by atoms with E-state index in [9.17, 15) is 40.5 Å². The third-order valence-corrected chi connectivity index (χ3v) is 7.95. The Hall–Kier alpha value is -1.75. The molecule has 2 heterocycles. The van der Waals surface area contributed by atoms with Crippen LogP contribution in [-0.4, -0.2) is 128 Å². The van der Waals surface area contributed by atoms with Crippen LogP contribution in [0.3, 0.4) is 0 Å². The number of carboxylic acids is 1. The second-order valence-electron chi connectivity index (χ2n) is 11.0. The lowest BCUT2D eigenvalue weighted by Crippen LogP contribution is -2.62. The van der Waals surface area contributed by atoms with Crippen molar-refractivity contribution in [1.82, 2.24) is 0 Å². The van der Waals surface area contributed by atoms with E-state index < -0.39 is 92.3 Å². The van der Waals surface area contributed by atoms with E-state index in [1.807, 2.05) is 18.2 Å². The zero-order valence-electron chi connectivity index (χ0n) is 22.9. The molecule has 3 aliphatic rings. The van der Waals surface area contributed by atoms with Crippen LogP contribution in [0.2, 0.25) is 0 Å². The average molecular weight is 587 g/mol. The summed E-state index contributed by atoms with van der Waals surface area (Å²) in [6.07, 6.45) is -13.0. The van der Waals surface area contributed by atoms with Crippen LogP contribution < -0.4 is 0 Å². The van der Waals surface area contributed by atoms with E-state index in [2.05, 4.69) is 0 Å². The maximum absolute atomic E-state index is 11.6. The van der Waals surface area contributed by atoms with Gasteiger partial charge in [0.2, 0.25) is 0 Å². The number of aliphatic hydroxyl groups excluding tert-OH is 6. The third-order valence-electron chi connectivity index (χ3n) is 7.95. The fraction of sp³-hybridized carbons (Fsp3) is 0.750. The Morgan fingerprint density at radius 2 is 1.49 bits per heavy atom. The van der Waals surface area contributed by atoms with Gasteiger partial charge in [-0.2, -0.15) is 0 Å². The number of carbonyl (C=O) groups is 1. The molecule has 1 aromatic rings. The van der Waals surface area contributed by atoms with E-state index in [1.54, 1.807) is 19.1 Å². The second-order valence-corrected chi connectivity index (χ2v) is 11.0. The van der Waals surface area contributed by atoms with Gasteiger partial charge in [-0.25, -0.2) is 0 Å². The van der Waals surface area contributed by atoms with Gasteiger partial charge in [0.15, 0.2) is 12.6 Å². The normalized spacial score (nSPS) is 40.7. The number of carboxylic acid groups (broad SMARTS) is 1. The molecule has 41 heavy (non-hydrogen) atoms. The molecule has 2 aliphatic heterocycles. The molecule has 0 amide bonds. The summed E-state index contributed by atoms with van der Waals surface area (Å²) in [7, 11) is 0. The Kier molecular flexibility index (Phi) is 11.5. The Labute approximate surface area is 238 Å². The van der Waals surface area contributed by atoms with Crippen molar-refractivity contribution in [1.29, 1.82) is 0 Å². The molecule has 0 radical (unpaired) electrons. The molecular weight excluding hydrogens is 544 g/mol. The Morgan fingerprint density at radius 3 is 2.07 bits per heavy atom. The van der Waals surface area contributed by atoms with E-state index >= 15 is 0 Å². The number of hydrogen-bond donors (Lipinski definition) is 7. The number of hydrogen-bond acceptors (Lipinski definition) is 12. The molecule has 13 heteroatoms. The molecule has 1 aliphatic carbocycles. The fourth-order valence-electron chi connectivity index (χ4n) is 5.63. The van der Waals surface area contributed by atoms with Crippen molar-refractivity contribution in [2.45, 2.75) is 125 Å². The van der Waals surface area contributed by atoms with Crippen LogP contribution in [0, 0.1) is 0 Å². The second kappa shape index (κ2) is 14.6. The Morgan fingerprint density at radius 1 is 0.878 bits per heavy atom. The SMILES string of the molecule is C[C@@H]1O[C@@H](O[C@@H]2CCCC[C@H]2O[C@@H]2O[C@H](CO)[C@H](O)[C@H](O[C@H](CC(=O)O)Cc3ccccc3)[C@H]2O)[C@@H](O)[C@H](O)[C@@H]1O. The molecule has 1 saturated carbocycles. The first-order valence-corrected chi connectivity index (χ1v) is 14.1. The summed E-state index contributed by atoms with van der Waals surface area (Å²) < 4.78 is 29.4. The molecule has 7 N–H and O–H groups in total. The first kappa shape index (κ1) is 32.2. The molecule has 232 valence electrons. The van der Waals surface area contributed by atoms with Crippen LogP contribution in [0.25, 0.3) is 0 Å². The predicted octanol–water partition coefficient (Wildman–Crippen LogP) is -0.931. The van der Waals surface area contributed by atoms with Crippen molar-refractivity contribution in [3.05, 3.63) is 35.9 Å². The quantitative estimate of drug-likeness (QED) is 0.168. The predicted molar refractivity (Wildman–Crippen MR) is 139 cm³/mol. The minimum absolute atomic E-state index is 0.209. The van der Waals surface area contributed by atoms with Crippen molar-refractivity contribution < 1.29 is 64.2 Å². The first-order valence-electron chi connectivity index (χ1n) is 14.1. The molecule has 0 bridgehead atoms. The molecular formula is C28H42O13. The van der Waals surface area contributed by atoms with Crippen molar-refractivity contribution in [2.24, 2.45) is 0 Å². The minimum Gasteiger partial charge on any atom is -0.481 e. The van der Waals surface area contributed by atoms with Crippen molar-refractivity contribution in [3.8, 4) is 0 Å². The molecule has 1 aromatic carbocycles. The molecule has 2 saturated heterocycles. The Balaban J connectivity index is 1.46. The molecule has 0 unspecified atom stereocenters. The maximum Gasteiger partial charge on any atom is 0.305 e. The highest BCUT2D eigenvalue weighted by Crippen LogP contribution is 2.33. The van der Waals surface area contributed by atoms with E-state index in [0.29, 0.717) is 12.8 Å². The van der Waals surface area contributed by atoms with Gasteiger partial charge in [-0.1, -0.05) is 43.2 Å². The summed E-state index contributed by atoms with van der Waals surface area (Å²) in [6, 6.07) is 9.06. The zero-order valence-corrected chi connectivity index (χ0v) is 22.9. The monoisotopic (exact) mass is 586 g/mol. The molecule has 4 rings (SSSR count). The summed E-state index contributed by atoms with van der Waals surface area (Å²) >= 11 is 0. The van der Waals surface area contributed by atoms with Crippen LogP contribution in [-0.2, 0) is 34.9 Å². The summed E-state index contributed by atoms with van der Waals surface area (Å²) in [5.41, 5.74) is 0.808. The van der Waals surface area contributed by atoms with Crippen LogP contribution in [0.15, 0.2) is 30.3 Å². The maximum atomic E-state index is 11.6. The summed E-state index contributed by atoms with van der Waals surface area (Å²) in [5, 5.41) is 72.0. The topological polar surface area (TPSA) is 205 Å². The fourth-order valence-corrected chi connectivity index (χ4v) is 5.63. The van der Waals surface area contributed by atoms with Gasteiger partial charge < -0.3 is 59.4 Å². The number of aliphatic carboxylic acids is 1. The summed E-state index contributed by atoms with van der Waals surface area (Å²) in [4.78, 5) is 11.6. The number of ether oxygens (including phenoxy) is 5. The number of rotatable bonds is 11. The van der Waals surface area contributed by atoms with Gasteiger partial charge in [0.25, 0.3) is 0 Å². The van der Waals surface area contributed by atoms with Crippen LogP contribution in [0.5, 0.6) is 0 Å². The number of benzene rings is 1. The Bertz CT molecular complexity index is 950. The van der Waals surface area contributed by atoms with Crippen molar-refractivity contribution >= 4 is 5.97 Å². The molecule has 0 spiro atoms. The van der Waals surface area contributed by atoms with Crippen LogP contribution in [0.1, 0.15) is 44.6 Å². The van der Waals surface area contributed by atoms with Gasteiger partial charge in [-0.05, 0) is 31.7 Å². The van der Waals surface area contributed by atoms with Gasteiger partial charge in [0, 0.05) is 0 Å². The summed E-state index contributed by atoms with van der Waals surface area (Å²) in [6.45, 7) is 0.938. The summed E-state index contributed by atoms with van der Waals surface area (Å²) in [5.74, 6) is -1.12. The molecule has 13 nitrogen and oxygen atoms in total. The van der Waals surface area contributed by atoms with Gasteiger partial charge in [0.05, 0.1) is 37.4 Å². The van der Waals surface area contributed by atoms with Crippen LogP contribution >= 0.6 is 0 Å². The molecule has 13 atom stereocenters. The van der Waals surface area contributed by atoms with Gasteiger partial charge >= 0.3 is 5.97 Å². The lowest BCUT2D eigenvalue weighted by atomic mass is 9.93. The van der Waals surface area contributed by atoms with E-state index in [1.165, 1.54) is 0 Å². The van der Waals surface area contributed by atoms with Gasteiger partial charge in [-0.15, -0.1) is 0 Å². The smallest absolute Gasteiger partial charge is 0.305 e. The van der Waals surface area contributed by atoms with E-state index in [-0.39, 0.29) is 12.8 Å². The first-order chi connectivity index (χ1) is 19.6. The van der Waals surface area contributed by atoms with Crippen molar-refractivity contribution in [3.63, 3.8) is 0 Å².